The number of carbonyl (C=O) groups excluding carboxylic acids is 1. The Balaban J connectivity index is 2.27. The molecule has 0 radical (unpaired) electrons. The summed E-state index contributed by atoms with van der Waals surface area (Å²) >= 11 is 6.51. The Bertz CT molecular complexity index is 674. The molecule has 2 rings (SSSR count). The van der Waals surface area contributed by atoms with E-state index in [-0.39, 0.29) is 5.91 Å². The van der Waals surface area contributed by atoms with Gasteiger partial charge in [-0.1, -0.05) is 29.8 Å². The first-order chi connectivity index (χ1) is 12.8. The maximum absolute atomic E-state index is 12.0. The van der Waals surface area contributed by atoms with Crippen LogP contribution in [0.1, 0.15) is 58.9 Å². The molecule has 1 amide bonds. The van der Waals surface area contributed by atoms with Gasteiger partial charge in [-0.15, -0.1) is 0 Å². The number of nitrogens with zero attached hydrogens (tertiary/aromatic N) is 3. The number of halogens is 1. The van der Waals surface area contributed by atoms with E-state index in [1.165, 1.54) is 0 Å². The molecule has 5 heteroatoms. The van der Waals surface area contributed by atoms with Gasteiger partial charge < -0.3 is 4.90 Å². The summed E-state index contributed by atoms with van der Waals surface area (Å²) < 4.78 is 0. The standard InChI is InChI=1S/C22H32ClN3O/c1-17(2)26(18(3)4)15-12-22(16-24,19-8-5-6-9-20(19)23)11-14-25-13-7-10-21(25)27/h5-6,8-9,17-18H,7,10-15H2,1-4H3. The first-order valence-corrected chi connectivity index (χ1v) is 10.4. The zero-order valence-electron chi connectivity index (χ0n) is 17.0. The van der Waals surface area contributed by atoms with Crippen LogP contribution < -0.4 is 0 Å². The molecule has 1 aliphatic rings. The summed E-state index contributed by atoms with van der Waals surface area (Å²) in [6, 6.07) is 11.1. The van der Waals surface area contributed by atoms with Crippen LogP contribution >= 0.6 is 11.6 Å². The summed E-state index contributed by atoms with van der Waals surface area (Å²) in [6.07, 6.45) is 2.85. The number of rotatable bonds is 9. The van der Waals surface area contributed by atoms with Crippen LogP contribution in [0.15, 0.2) is 24.3 Å². The second-order valence-corrected chi connectivity index (χ2v) is 8.49. The summed E-state index contributed by atoms with van der Waals surface area (Å²) in [4.78, 5) is 16.3. The maximum Gasteiger partial charge on any atom is 0.222 e. The summed E-state index contributed by atoms with van der Waals surface area (Å²) in [5.74, 6) is 0.201. The summed E-state index contributed by atoms with van der Waals surface area (Å²) in [6.45, 7) is 11.0. The molecular weight excluding hydrogens is 358 g/mol. The molecule has 27 heavy (non-hydrogen) atoms. The van der Waals surface area contributed by atoms with Crippen molar-refractivity contribution < 1.29 is 4.79 Å². The normalized spacial score (nSPS) is 17.0. The van der Waals surface area contributed by atoms with Gasteiger partial charge in [0, 0.05) is 43.2 Å². The highest BCUT2D eigenvalue weighted by Gasteiger charge is 2.36. The number of hydrogen-bond donors (Lipinski definition) is 0. The van der Waals surface area contributed by atoms with Crippen LogP contribution in [-0.4, -0.2) is 47.4 Å². The highest BCUT2D eigenvalue weighted by molar-refractivity contribution is 6.31. The van der Waals surface area contributed by atoms with Gasteiger partial charge in [-0.25, -0.2) is 0 Å². The smallest absolute Gasteiger partial charge is 0.222 e. The average Bonchev–Trinajstić information content (AvgIpc) is 3.03. The summed E-state index contributed by atoms with van der Waals surface area (Å²) in [5, 5.41) is 10.9. The first-order valence-electron chi connectivity index (χ1n) is 10.0. The number of hydrogen-bond acceptors (Lipinski definition) is 3. The van der Waals surface area contributed by atoms with E-state index in [9.17, 15) is 10.1 Å². The van der Waals surface area contributed by atoms with Gasteiger partial charge in [0.15, 0.2) is 0 Å². The minimum atomic E-state index is -0.691. The topological polar surface area (TPSA) is 47.3 Å². The molecule has 1 saturated heterocycles. The fourth-order valence-electron chi connectivity index (χ4n) is 4.11. The van der Waals surface area contributed by atoms with Gasteiger partial charge in [-0.2, -0.15) is 5.26 Å². The van der Waals surface area contributed by atoms with Crippen molar-refractivity contribution in [2.45, 2.75) is 70.9 Å². The summed E-state index contributed by atoms with van der Waals surface area (Å²) in [5.41, 5.74) is 0.191. The fourth-order valence-corrected chi connectivity index (χ4v) is 4.43. The third kappa shape index (κ3) is 5.24. The Morgan fingerprint density at radius 3 is 2.41 bits per heavy atom. The van der Waals surface area contributed by atoms with E-state index in [4.69, 9.17) is 11.6 Å². The van der Waals surface area contributed by atoms with Crippen LogP contribution in [0.4, 0.5) is 0 Å². The minimum Gasteiger partial charge on any atom is -0.343 e. The molecule has 0 saturated carbocycles. The lowest BCUT2D eigenvalue weighted by Crippen LogP contribution is -2.42. The SMILES string of the molecule is CC(C)N(CCC(C#N)(CCN1CCCC1=O)c1ccccc1Cl)C(C)C. The second-order valence-electron chi connectivity index (χ2n) is 8.08. The molecule has 0 spiro atoms. The van der Waals surface area contributed by atoms with Crippen LogP contribution in [0.25, 0.3) is 0 Å². The molecule has 4 nitrogen and oxygen atoms in total. The van der Waals surface area contributed by atoms with Gasteiger partial charge in [-0.05, 0) is 58.6 Å². The monoisotopic (exact) mass is 389 g/mol. The Kier molecular flexibility index (Phi) is 7.70. The lowest BCUT2D eigenvalue weighted by Gasteiger charge is -2.36. The van der Waals surface area contributed by atoms with Crippen molar-refractivity contribution in [3.05, 3.63) is 34.9 Å². The van der Waals surface area contributed by atoms with Crippen LogP contribution in [-0.2, 0) is 10.2 Å². The van der Waals surface area contributed by atoms with E-state index in [0.29, 0.717) is 42.9 Å². The molecule has 1 aromatic rings. The molecule has 1 heterocycles. The van der Waals surface area contributed by atoms with Gasteiger partial charge in [0.2, 0.25) is 5.91 Å². The molecule has 148 valence electrons. The molecule has 1 atom stereocenters. The third-order valence-corrected chi connectivity index (χ3v) is 6.04. The molecule has 0 aliphatic carbocycles. The van der Waals surface area contributed by atoms with Crippen molar-refractivity contribution in [1.29, 1.82) is 5.26 Å². The van der Waals surface area contributed by atoms with E-state index in [2.05, 4.69) is 38.7 Å². The number of carbonyl (C=O) groups is 1. The summed E-state index contributed by atoms with van der Waals surface area (Å²) in [7, 11) is 0. The quantitative estimate of drug-likeness (QED) is 0.618. The average molecular weight is 390 g/mol. The molecule has 1 aromatic carbocycles. The van der Waals surface area contributed by atoms with Gasteiger partial charge in [-0.3, -0.25) is 9.69 Å². The Labute approximate surface area is 169 Å². The Hall–Kier alpha value is -1.57. The molecule has 1 aliphatic heterocycles. The predicted octanol–water partition coefficient (Wildman–Crippen LogP) is 4.62. The fraction of sp³-hybridized carbons (Fsp3) is 0.636. The van der Waals surface area contributed by atoms with E-state index in [0.717, 1.165) is 25.1 Å². The molecule has 0 N–H and O–H groups in total. The lowest BCUT2D eigenvalue weighted by atomic mass is 9.75. The Morgan fingerprint density at radius 2 is 1.89 bits per heavy atom. The molecular formula is C22H32ClN3O. The Morgan fingerprint density at radius 1 is 1.22 bits per heavy atom. The third-order valence-electron chi connectivity index (χ3n) is 5.71. The van der Waals surface area contributed by atoms with Crippen molar-refractivity contribution in [3.8, 4) is 6.07 Å². The zero-order chi connectivity index (χ0) is 20.0. The molecule has 0 bridgehead atoms. The molecule has 1 unspecified atom stereocenters. The zero-order valence-corrected chi connectivity index (χ0v) is 17.8. The van der Waals surface area contributed by atoms with Gasteiger partial charge in [0.25, 0.3) is 0 Å². The highest BCUT2D eigenvalue weighted by Crippen LogP contribution is 2.37. The van der Waals surface area contributed by atoms with Crippen LogP contribution in [0.3, 0.4) is 0 Å². The highest BCUT2D eigenvalue weighted by atomic mass is 35.5. The van der Waals surface area contributed by atoms with Crippen molar-refractivity contribution in [2.24, 2.45) is 0 Å². The number of benzene rings is 1. The maximum atomic E-state index is 12.0. The number of nitriles is 1. The van der Waals surface area contributed by atoms with Crippen LogP contribution in [0.5, 0.6) is 0 Å². The molecule has 0 aromatic heterocycles. The lowest BCUT2D eigenvalue weighted by molar-refractivity contribution is -0.127. The minimum absolute atomic E-state index is 0.201. The van der Waals surface area contributed by atoms with Gasteiger partial charge in [0.1, 0.15) is 0 Å². The van der Waals surface area contributed by atoms with E-state index < -0.39 is 5.41 Å². The van der Waals surface area contributed by atoms with Crippen molar-refractivity contribution in [1.82, 2.24) is 9.80 Å². The van der Waals surface area contributed by atoms with Crippen molar-refractivity contribution in [2.75, 3.05) is 19.6 Å². The largest absolute Gasteiger partial charge is 0.343 e. The predicted molar refractivity (Wildman–Crippen MR) is 111 cm³/mol. The van der Waals surface area contributed by atoms with E-state index >= 15 is 0 Å². The number of amides is 1. The van der Waals surface area contributed by atoms with Crippen molar-refractivity contribution in [3.63, 3.8) is 0 Å². The second kappa shape index (κ2) is 9.57. The van der Waals surface area contributed by atoms with Gasteiger partial charge >= 0.3 is 0 Å². The van der Waals surface area contributed by atoms with Crippen LogP contribution in [0, 0.1) is 11.3 Å². The van der Waals surface area contributed by atoms with Gasteiger partial charge in [0.05, 0.1) is 11.5 Å². The van der Waals surface area contributed by atoms with E-state index in [1.54, 1.807) is 0 Å². The van der Waals surface area contributed by atoms with E-state index in [1.807, 2.05) is 29.2 Å². The first kappa shape index (κ1) is 21.7. The van der Waals surface area contributed by atoms with Crippen LogP contribution in [0.2, 0.25) is 5.02 Å². The molecule has 1 fully saturated rings. The van der Waals surface area contributed by atoms with Crippen molar-refractivity contribution >= 4 is 17.5 Å². The number of likely N-dealkylation sites (tertiary alicyclic amines) is 1.